The Kier molecular flexibility index (Phi) is 7.54. The summed E-state index contributed by atoms with van der Waals surface area (Å²) in [5.41, 5.74) is -1.39. The monoisotopic (exact) mass is 924 g/mol. The summed E-state index contributed by atoms with van der Waals surface area (Å²) in [6.07, 6.45) is 1.73. The molecule has 2 aromatic heterocycles. The zero-order valence-electron chi connectivity index (χ0n) is 57.9. The SMILES string of the molecule is [2H]C([2H])([2H])C(c1cc(-c2nc3c(-c4cc(-c5cc(-c6ccc(C)cc6)ccn5)cc(C(C)(C)C)c4)cccc3n2-c2ccc(-c3ccc(C(C)(C)C)cc3)cc2-c2ccccc2)c(O)c(C(C([2H])([2H])[2H])(C([2H])([2H])[2H])C([2H])([2H])[2H])c1)(C([2H])([2H])[2H])C([2H])([2H])[2H]. The number of para-hydroxylation sites is 1. The fourth-order valence-corrected chi connectivity index (χ4v) is 8.86. The van der Waals surface area contributed by atoms with Gasteiger partial charge in [-0.3, -0.25) is 9.55 Å². The summed E-state index contributed by atoms with van der Waals surface area (Å²) < 4.78 is 161. The Morgan fingerprint density at radius 1 is 0.464 bits per heavy atom. The maximum Gasteiger partial charge on any atom is 0.149 e. The molecule has 0 aliphatic heterocycles. The summed E-state index contributed by atoms with van der Waals surface area (Å²) in [4.78, 5) is 10.1. The summed E-state index contributed by atoms with van der Waals surface area (Å²) in [5.74, 6) is -1.77. The second kappa shape index (κ2) is 17.5. The van der Waals surface area contributed by atoms with Gasteiger partial charge < -0.3 is 5.11 Å². The lowest BCUT2D eigenvalue weighted by Gasteiger charge is -2.27. The van der Waals surface area contributed by atoms with Crippen LogP contribution in [0.15, 0.2) is 164 Å². The molecule has 0 radical (unpaired) electrons. The molecule has 0 amide bonds. The number of benzene rings is 7. The second-order valence-electron chi connectivity index (χ2n) is 20.1. The highest BCUT2D eigenvalue weighted by Crippen LogP contribution is 2.46. The van der Waals surface area contributed by atoms with Crippen molar-refractivity contribution in [3.8, 4) is 78.6 Å². The van der Waals surface area contributed by atoms with E-state index in [4.69, 9.17) is 34.6 Å². The van der Waals surface area contributed by atoms with Gasteiger partial charge in [0.15, 0.2) is 0 Å². The molecule has 9 rings (SSSR count). The van der Waals surface area contributed by atoms with Gasteiger partial charge in [-0.2, -0.15) is 0 Å². The van der Waals surface area contributed by atoms with Crippen molar-refractivity contribution in [2.45, 2.75) is 111 Å². The number of aromatic hydroxyl groups is 1. The molecule has 0 unspecified atom stereocenters. The molecule has 4 heteroatoms. The Morgan fingerprint density at radius 3 is 1.75 bits per heavy atom. The van der Waals surface area contributed by atoms with Gasteiger partial charge in [0.05, 0.1) is 28.0 Å². The molecule has 0 bridgehead atoms. The van der Waals surface area contributed by atoms with Gasteiger partial charge in [0.1, 0.15) is 11.6 Å². The fourth-order valence-electron chi connectivity index (χ4n) is 8.86. The molecule has 69 heavy (non-hydrogen) atoms. The number of fused-ring (bicyclic) bond motifs is 1. The average Bonchev–Trinajstić information content (AvgIpc) is 1.05. The van der Waals surface area contributed by atoms with Crippen molar-refractivity contribution in [3.05, 3.63) is 192 Å². The Hall–Kier alpha value is -7.04. The number of nitrogens with zero attached hydrogens (tertiary/aromatic N) is 3. The number of imidazole rings is 1. The van der Waals surface area contributed by atoms with Crippen LogP contribution in [0.25, 0.3) is 83.9 Å². The lowest BCUT2D eigenvalue weighted by Crippen LogP contribution is -2.17. The lowest BCUT2D eigenvalue weighted by atomic mass is 9.79. The number of phenolic OH excluding ortho intramolecular Hbond substituents is 1. The summed E-state index contributed by atoms with van der Waals surface area (Å²) in [5, 5.41) is 13.2. The first kappa shape index (κ1) is 29.8. The predicted octanol–water partition coefficient (Wildman–Crippen LogP) is 17.6. The van der Waals surface area contributed by atoms with Gasteiger partial charge in [-0.15, -0.1) is 0 Å². The van der Waals surface area contributed by atoms with Crippen LogP contribution in [0.2, 0.25) is 0 Å². The highest BCUT2D eigenvalue weighted by molar-refractivity contribution is 5.98. The van der Waals surface area contributed by atoms with Gasteiger partial charge in [-0.1, -0.05) is 197 Å². The van der Waals surface area contributed by atoms with E-state index in [0.717, 1.165) is 50.6 Å². The maximum absolute atomic E-state index is 13.2. The molecule has 0 atom stereocenters. The zero-order chi connectivity index (χ0) is 64.2. The van der Waals surface area contributed by atoms with Gasteiger partial charge in [0.2, 0.25) is 0 Å². The first-order valence-electron chi connectivity index (χ1n) is 31.9. The molecule has 0 aliphatic rings. The average molecular weight is 924 g/mol. The van der Waals surface area contributed by atoms with Crippen LogP contribution in [-0.2, 0) is 21.7 Å². The van der Waals surface area contributed by atoms with Crippen LogP contribution in [0.5, 0.6) is 5.75 Å². The summed E-state index contributed by atoms with van der Waals surface area (Å²) in [6, 6.07) is 47.0. The van der Waals surface area contributed by atoms with Gasteiger partial charge in [0.25, 0.3) is 0 Å². The molecule has 0 fully saturated rings. The molecule has 0 spiro atoms. The molecule has 9 aromatic rings. The third kappa shape index (κ3) is 9.42. The van der Waals surface area contributed by atoms with Crippen molar-refractivity contribution < 1.29 is 29.8 Å². The summed E-state index contributed by atoms with van der Waals surface area (Å²) in [7, 11) is 0. The van der Waals surface area contributed by atoms with Crippen molar-refractivity contribution in [2.75, 3.05) is 0 Å². The standard InChI is InChI=1S/C65H67N3O/c1-41-22-24-42(25-23-41)46-32-33-66-56(38-46)48-34-47(35-50(36-48)63(5,6)7)52-20-17-21-58-59(52)67-61(54-39-51(64(8,9)10)40-55(60(54)69)65(11,12)13)68(58)57-31-28-45(37-53(57)44-18-15-14-16-19-44)43-26-29-49(30-27-43)62(2,3)4/h14-40,69H,1-13H3/i8D3,9D3,10D3,11D3,12D3,13D3. The molecule has 7 aromatic carbocycles. The molecule has 0 aliphatic carbocycles. The number of aryl methyl sites for hydroxylation is 1. The lowest BCUT2D eigenvalue weighted by molar-refractivity contribution is 0.446. The first-order chi connectivity index (χ1) is 40.0. The van der Waals surface area contributed by atoms with Crippen molar-refractivity contribution in [1.29, 1.82) is 0 Å². The minimum absolute atomic E-state index is 0.163. The summed E-state index contributed by atoms with van der Waals surface area (Å²) in [6.45, 7) is -10.1. The van der Waals surface area contributed by atoms with Crippen molar-refractivity contribution in [2.24, 2.45) is 0 Å². The Morgan fingerprint density at radius 2 is 1.09 bits per heavy atom. The van der Waals surface area contributed by atoms with Crippen LogP contribution in [0.4, 0.5) is 0 Å². The van der Waals surface area contributed by atoms with Crippen LogP contribution >= 0.6 is 0 Å². The van der Waals surface area contributed by atoms with E-state index >= 15 is 0 Å². The second-order valence-corrected chi connectivity index (χ2v) is 20.1. The third-order valence-corrected chi connectivity index (χ3v) is 12.8. The number of hydrogen-bond acceptors (Lipinski definition) is 3. The summed E-state index contributed by atoms with van der Waals surface area (Å²) >= 11 is 0. The zero-order valence-corrected chi connectivity index (χ0v) is 39.9. The topological polar surface area (TPSA) is 50.9 Å². The molecule has 2 heterocycles. The van der Waals surface area contributed by atoms with E-state index in [1.807, 2.05) is 128 Å². The van der Waals surface area contributed by atoms with E-state index in [1.165, 1.54) is 0 Å². The van der Waals surface area contributed by atoms with E-state index in [0.29, 0.717) is 39.7 Å². The van der Waals surface area contributed by atoms with Crippen LogP contribution < -0.4 is 0 Å². The van der Waals surface area contributed by atoms with Crippen LogP contribution in [0, 0.1) is 6.92 Å². The van der Waals surface area contributed by atoms with Gasteiger partial charge in [-0.25, -0.2) is 4.98 Å². The van der Waals surface area contributed by atoms with Crippen LogP contribution in [-0.4, -0.2) is 19.6 Å². The van der Waals surface area contributed by atoms with Crippen LogP contribution in [0.3, 0.4) is 0 Å². The number of rotatable bonds is 7. The van der Waals surface area contributed by atoms with E-state index in [-0.39, 0.29) is 16.4 Å². The fraction of sp³-hybridized carbons (Fsp3) is 0.262. The van der Waals surface area contributed by atoms with Gasteiger partial charge in [-0.05, 0) is 127 Å². The Labute approximate surface area is 436 Å². The third-order valence-electron chi connectivity index (χ3n) is 12.8. The van der Waals surface area contributed by atoms with Gasteiger partial charge in [0, 0.05) is 53.1 Å². The number of aromatic nitrogens is 3. The van der Waals surface area contributed by atoms with Crippen molar-refractivity contribution in [1.82, 2.24) is 14.5 Å². The minimum Gasteiger partial charge on any atom is -0.507 e. The van der Waals surface area contributed by atoms with Crippen molar-refractivity contribution >= 4 is 11.0 Å². The van der Waals surface area contributed by atoms with E-state index in [2.05, 4.69) is 41.5 Å². The molecule has 0 saturated carbocycles. The number of pyridine rings is 1. The number of phenols is 1. The van der Waals surface area contributed by atoms with Crippen molar-refractivity contribution in [3.63, 3.8) is 0 Å². The van der Waals surface area contributed by atoms with E-state index in [1.54, 1.807) is 35.0 Å². The smallest absolute Gasteiger partial charge is 0.149 e. The molecular formula is C65H67N3O. The molecule has 4 nitrogen and oxygen atoms in total. The predicted molar refractivity (Wildman–Crippen MR) is 293 cm³/mol. The highest BCUT2D eigenvalue weighted by Gasteiger charge is 2.30. The quantitative estimate of drug-likeness (QED) is 0.173. The molecule has 1 N–H and O–H groups in total. The van der Waals surface area contributed by atoms with E-state index < -0.39 is 85.6 Å². The van der Waals surface area contributed by atoms with Gasteiger partial charge >= 0.3 is 0 Å². The largest absolute Gasteiger partial charge is 0.507 e. The van der Waals surface area contributed by atoms with E-state index in [9.17, 15) is 5.11 Å². The minimum atomic E-state index is -4.15. The molecular weight excluding hydrogens is 839 g/mol. The maximum atomic E-state index is 13.2. The highest BCUT2D eigenvalue weighted by atomic mass is 16.3. The Bertz CT molecular complexity index is 3970. The normalized spacial score (nSPS) is 17.4. The Balaban J connectivity index is 1.49. The number of hydrogen-bond donors (Lipinski definition) is 1. The van der Waals surface area contributed by atoms with Crippen LogP contribution in [0.1, 0.15) is 135 Å². The molecule has 0 saturated heterocycles. The first-order valence-corrected chi connectivity index (χ1v) is 22.9. The molecule has 348 valence electrons.